The number of hydrogen-bond acceptors (Lipinski definition) is 3. The summed E-state index contributed by atoms with van der Waals surface area (Å²) < 4.78 is 0. The summed E-state index contributed by atoms with van der Waals surface area (Å²) in [6.07, 6.45) is 0.530. The Bertz CT molecular complexity index is 379. The molecule has 0 bridgehead atoms. The van der Waals surface area contributed by atoms with Crippen LogP contribution in [0.25, 0.3) is 0 Å². The van der Waals surface area contributed by atoms with Gasteiger partial charge in [-0.25, -0.2) is 0 Å². The summed E-state index contributed by atoms with van der Waals surface area (Å²) in [6, 6.07) is 9.97. The molecule has 0 aliphatic carbocycles. The second kappa shape index (κ2) is 9.19. The molecule has 2 nitrogen and oxygen atoms in total. The number of rotatable bonds is 8. The largest absolute Gasteiger partial charge is 0.293 e. The molecule has 0 heterocycles. The van der Waals surface area contributed by atoms with Gasteiger partial charge in [0.2, 0.25) is 0 Å². The van der Waals surface area contributed by atoms with Crippen LogP contribution in [-0.2, 0) is 11.2 Å². The highest BCUT2D eigenvalue weighted by atomic mass is 32.2. The van der Waals surface area contributed by atoms with E-state index in [1.807, 2.05) is 30.3 Å². The number of nitrogens with zero attached hydrogens (tertiary/aromatic N) is 1. The van der Waals surface area contributed by atoms with E-state index >= 15 is 0 Å². The van der Waals surface area contributed by atoms with Crippen molar-refractivity contribution >= 4 is 16.9 Å². The van der Waals surface area contributed by atoms with Crippen molar-refractivity contribution in [3.8, 4) is 0 Å². The molecule has 20 heavy (non-hydrogen) atoms. The lowest BCUT2D eigenvalue weighted by atomic mass is 10.1. The number of benzene rings is 1. The molecule has 1 aromatic rings. The molecule has 0 saturated carbocycles. The monoisotopic (exact) mass is 293 g/mol. The molecule has 3 heteroatoms. The third-order valence-electron chi connectivity index (χ3n) is 2.85. The third-order valence-corrected chi connectivity index (χ3v) is 3.81. The summed E-state index contributed by atoms with van der Waals surface area (Å²) in [6.45, 7) is 11.0. The Morgan fingerprint density at radius 2 is 1.60 bits per heavy atom. The Kier molecular flexibility index (Phi) is 7.93. The van der Waals surface area contributed by atoms with Gasteiger partial charge in [0, 0.05) is 19.5 Å². The van der Waals surface area contributed by atoms with Crippen LogP contribution >= 0.6 is 11.8 Å². The average Bonchev–Trinajstić information content (AvgIpc) is 2.36. The van der Waals surface area contributed by atoms with Crippen molar-refractivity contribution in [1.82, 2.24) is 4.90 Å². The molecule has 0 radical (unpaired) electrons. The van der Waals surface area contributed by atoms with Crippen molar-refractivity contribution in [1.29, 1.82) is 0 Å². The van der Waals surface area contributed by atoms with Crippen LogP contribution in [0.1, 0.15) is 33.3 Å². The van der Waals surface area contributed by atoms with E-state index in [-0.39, 0.29) is 5.12 Å². The highest BCUT2D eigenvalue weighted by molar-refractivity contribution is 8.13. The summed E-state index contributed by atoms with van der Waals surface area (Å²) in [5.41, 5.74) is 1.10. The smallest absolute Gasteiger partial charge is 0.194 e. The van der Waals surface area contributed by atoms with Gasteiger partial charge in [0.25, 0.3) is 0 Å². The van der Waals surface area contributed by atoms with Crippen LogP contribution in [0.4, 0.5) is 0 Å². The van der Waals surface area contributed by atoms with Crippen LogP contribution in [0.3, 0.4) is 0 Å². The van der Waals surface area contributed by atoms with Crippen LogP contribution in [0.15, 0.2) is 30.3 Å². The Hall–Kier alpha value is -0.800. The minimum absolute atomic E-state index is 0.258. The van der Waals surface area contributed by atoms with Crippen LogP contribution in [-0.4, -0.2) is 29.0 Å². The van der Waals surface area contributed by atoms with Crippen molar-refractivity contribution in [2.45, 2.75) is 34.1 Å². The standard InChI is InChI=1S/C17H27NOS/c1-14(2)11-18(12-15(3)4)13-20-17(19)10-16-8-6-5-7-9-16/h5-9,14-15H,10-13H2,1-4H3. The molecule has 0 spiro atoms. The van der Waals surface area contributed by atoms with Crippen molar-refractivity contribution in [2.75, 3.05) is 19.0 Å². The normalized spacial score (nSPS) is 11.6. The van der Waals surface area contributed by atoms with Gasteiger partial charge in [-0.15, -0.1) is 0 Å². The second-order valence-electron chi connectivity index (χ2n) is 6.13. The van der Waals surface area contributed by atoms with E-state index in [2.05, 4.69) is 32.6 Å². The fourth-order valence-electron chi connectivity index (χ4n) is 2.19. The molecule has 0 fully saturated rings. The molecule has 1 rings (SSSR count). The van der Waals surface area contributed by atoms with Crippen LogP contribution in [0.5, 0.6) is 0 Å². The summed E-state index contributed by atoms with van der Waals surface area (Å²) in [5.74, 6) is 2.08. The summed E-state index contributed by atoms with van der Waals surface area (Å²) in [5, 5.41) is 0.258. The van der Waals surface area contributed by atoms with Crippen LogP contribution in [0, 0.1) is 11.8 Å². The summed E-state index contributed by atoms with van der Waals surface area (Å²) >= 11 is 1.45. The Morgan fingerprint density at radius 1 is 1.05 bits per heavy atom. The Labute approximate surface area is 127 Å². The van der Waals surface area contributed by atoms with Gasteiger partial charge in [-0.3, -0.25) is 9.69 Å². The molecule has 0 N–H and O–H groups in total. The number of thioether (sulfide) groups is 1. The highest BCUT2D eigenvalue weighted by Crippen LogP contribution is 2.13. The number of carbonyl (C=O) groups is 1. The lowest BCUT2D eigenvalue weighted by Crippen LogP contribution is -2.31. The Morgan fingerprint density at radius 3 is 2.10 bits per heavy atom. The molecule has 0 atom stereocenters. The van der Waals surface area contributed by atoms with Crippen molar-refractivity contribution < 1.29 is 4.79 Å². The van der Waals surface area contributed by atoms with Gasteiger partial charge in [-0.2, -0.15) is 0 Å². The quantitative estimate of drug-likeness (QED) is 0.674. The predicted octanol–water partition coefficient (Wildman–Crippen LogP) is 4.06. The van der Waals surface area contributed by atoms with E-state index < -0.39 is 0 Å². The van der Waals surface area contributed by atoms with Gasteiger partial charge in [-0.05, 0) is 17.4 Å². The molecule has 112 valence electrons. The van der Waals surface area contributed by atoms with Gasteiger partial charge < -0.3 is 0 Å². The minimum atomic E-state index is 0.258. The zero-order valence-electron chi connectivity index (χ0n) is 13.1. The van der Waals surface area contributed by atoms with Gasteiger partial charge in [-0.1, -0.05) is 69.8 Å². The van der Waals surface area contributed by atoms with Gasteiger partial charge in [0.05, 0.1) is 5.88 Å². The molecular weight excluding hydrogens is 266 g/mol. The lowest BCUT2D eigenvalue weighted by Gasteiger charge is -2.25. The van der Waals surface area contributed by atoms with Gasteiger partial charge >= 0.3 is 0 Å². The first-order chi connectivity index (χ1) is 9.47. The van der Waals surface area contributed by atoms with Gasteiger partial charge in [0.1, 0.15) is 0 Å². The van der Waals surface area contributed by atoms with Crippen molar-refractivity contribution in [2.24, 2.45) is 11.8 Å². The van der Waals surface area contributed by atoms with E-state index in [4.69, 9.17) is 0 Å². The Balaban J connectivity index is 2.39. The highest BCUT2D eigenvalue weighted by Gasteiger charge is 2.12. The molecule has 0 unspecified atom stereocenters. The first-order valence-corrected chi connectivity index (χ1v) is 8.37. The first-order valence-electron chi connectivity index (χ1n) is 7.39. The topological polar surface area (TPSA) is 20.3 Å². The first kappa shape index (κ1) is 17.3. The number of carbonyl (C=O) groups excluding carboxylic acids is 1. The van der Waals surface area contributed by atoms with E-state index in [0.717, 1.165) is 24.5 Å². The van der Waals surface area contributed by atoms with E-state index in [0.29, 0.717) is 18.3 Å². The third kappa shape index (κ3) is 7.71. The zero-order chi connectivity index (χ0) is 15.0. The molecule has 0 aliphatic heterocycles. The maximum atomic E-state index is 12.0. The average molecular weight is 293 g/mol. The van der Waals surface area contributed by atoms with E-state index in [9.17, 15) is 4.79 Å². The summed E-state index contributed by atoms with van der Waals surface area (Å²) in [4.78, 5) is 14.4. The fraction of sp³-hybridized carbons (Fsp3) is 0.588. The molecule has 0 amide bonds. The predicted molar refractivity (Wildman–Crippen MR) is 88.9 cm³/mol. The molecular formula is C17H27NOS. The SMILES string of the molecule is CC(C)CN(CSC(=O)Cc1ccccc1)CC(C)C. The zero-order valence-corrected chi connectivity index (χ0v) is 14.0. The van der Waals surface area contributed by atoms with Crippen molar-refractivity contribution in [3.05, 3.63) is 35.9 Å². The molecule has 0 saturated heterocycles. The minimum Gasteiger partial charge on any atom is -0.293 e. The molecule has 0 aromatic heterocycles. The maximum Gasteiger partial charge on any atom is 0.194 e. The van der Waals surface area contributed by atoms with Crippen LogP contribution < -0.4 is 0 Å². The maximum absolute atomic E-state index is 12.0. The molecule has 1 aromatic carbocycles. The van der Waals surface area contributed by atoms with Crippen LogP contribution in [0.2, 0.25) is 0 Å². The molecule has 0 aliphatic rings. The number of hydrogen-bond donors (Lipinski definition) is 0. The fourth-order valence-corrected chi connectivity index (χ4v) is 3.00. The van der Waals surface area contributed by atoms with E-state index in [1.165, 1.54) is 11.8 Å². The van der Waals surface area contributed by atoms with Crippen molar-refractivity contribution in [3.63, 3.8) is 0 Å². The second-order valence-corrected chi connectivity index (χ2v) is 7.13. The lowest BCUT2D eigenvalue weighted by molar-refractivity contribution is -0.110. The van der Waals surface area contributed by atoms with Gasteiger partial charge in [0.15, 0.2) is 5.12 Å². The summed E-state index contributed by atoms with van der Waals surface area (Å²) in [7, 11) is 0. The van der Waals surface area contributed by atoms with E-state index in [1.54, 1.807) is 0 Å².